The molecule has 1 aliphatic heterocycles. The van der Waals surface area contributed by atoms with Crippen molar-refractivity contribution in [3.63, 3.8) is 0 Å². The summed E-state index contributed by atoms with van der Waals surface area (Å²) in [5.41, 5.74) is 8.27. The van der Waals surface area contributed by atoms with Crippen molar-refractivity contribution in [1.82, 2.24) is 14.1 Å². The fourth-order valence-electron chi connectivity index (χ4n) is 4.25. The first-order chi connectivity index (χ1) is 13.5. The van der Waals surface area contributed by atoms with Crippen molar-refractivity contribution in [3.05, 3.63) is 78.4 Å². The molecule has 0 bridgehead atoms. The zero-order valence-corrected chi connectivity index (χ0v) is 16.8. The second-order valence-electron chi connectivity index (χ2n) is 8.08. The first-order valence-electron chi connectivity index (χ1n) is 9.76. The average molecular weight is 366 g/mol. The molecule has 0 unspecified atom stereocenters. The molecule has 0 saturated carbocycles. The van der Waals surface area contributed by atoms with Gasteiger partial charge in [-0.25, -0.2) is 4.57 Å². The van der Waals surface area contributed by atoms with Crippen molar-refractivity contribution >= 4 is 28.4 Å². The van der Waals surface area contributed by atoms with Crippen LogP contribution in [-0.4, -0.2) is 15.3 Å². The minimum absolute atomic E-state index is 0.138. The summed E-state index contributed by atoms with van der Waals surface area (Å²) in [6.45, 7) is 8.94. The van der Waals surface area contributed by atoms with Crippen LogP contribution in [0.3, 0.4) is 0 Å². The van der Waals surface area contributed by atoms with E-state index in [1.54, 1.807) is 0 Å². The molecule has 0 spiro atoms. The predicted octanol–water partition coefficient (Wildman–Crippen LogP) is 6.06. The van der Waals surface area contributed by atoms with Crippen molar-refractivity contribution in [2.24, 2.45) is 0 Å². The Morgan fingerprint density at radius 2 is 1.54 bits per heavy atom. The highest BCUT2D eigenvalue weighted by Gasteiger charge is 2.45. The number of imidazole rings is 1. The van der Waals surface area contributed by atoms with Crippen molar-refractivity contribution in [2.75, 3.05) is 0 Å². The van der Waals surface area contributed by atoms with Gasteiger partial charge >= 0.3 is 5.95 Å². The molecule has 0 N–H and O–H groups in total. The summed E-state index contributed by atoms with van der Waals surface area (Å²) < 4.78 is 4.70. The van der Waals surface area contributed by atoms with Crippen LogP contribution < -0.4 is 4.58 Å². The van der Waals surface area contributed by atoms with E-state index in [9.17, 15) is 0 Å². The SMILES string of the molecule is CC1=[N+](c2cc(-c3ccccc3)ccc2C)c2nc3ccccc3n2C1(C)C. The van der Waals surface area contributed by atoms with Crippen LogP contribution in [0.1, 0.15) is 26.3 Å². The highest BCUT2D eigenvalue weighted by molar-refractivity contribution is 6.00. The minimum atomic E-state index is -0.138. The Labute approximate surface area is 165 Å². The minimum Gasteiger partial charge on any atom is -0.213 e. The van der Waals surface area contributed by atoms with E-state index >= 15 is 0 Å². The van der Waals surface area contributed by atoms with Gasteiger partial charge in [-0.05, 0) is 62.6 Å². The second-order valence-corrected chi connectivity index (χ2v) is 8.08. The summed E-state index contributed by atoms with van der Waals surface area (Å²) in [6.07, 6.45) is 0. The Kier molecular flexibility index (Phi) is 3.57. The molecule has 0 atom stereocenters. The monoisotopic (exact) mass is 366 g/mol. The van der Waals surface area contributed by atoms with E-state index < -0.39 is 0 Å². The van der Waals surface area contributed by atoms with Crippen LogP contribution in [0.4, 0.5) is 11.6 Å². The number of nitrogens with zero attached hydrogens (tertiary/aromatic N) is 3. The molecule has 4 aromatic rings. The van der Waals surface area contributed by atoms with Crippen LogP contribution in [0.5, 0.6) is 0 Å². The van der Waals surface area contributed by atoms with Gasteiger partial charge in [0.1, 0.15) is 16.7 Å². The second kappa shape index (κ2) is 5.90. The van der Waals surface area contributed by atoms with Gasteiger partial charge in [0.2, 0.25) is 0 Å². The normalized spacial score (nSPS) is 15.3. The molecule has 5 rings (SSSR count). The fraction of sp³-hybridized carbons (Fsp3) is 0.200. The maximum Gasteiger partial charge on any atom is 0.405 e. The molecule has 1 aromatic heterocycles. The number of benzene rings is 3. The van der Waals surface area contributed by atoms with E-state index in [-0.39, 0.29) is 5.54 Å². The van der Waals surface area contributed by atoms with Gasteiger partial charge in [0.25, 0.3) is 0 Å². The molecule has 0 amide bonds. The lowest BCUT2D eigenvalue weighted by atomic mass is 9.98. The molecular formula is C25H24N3+. The van der Waals surface area contributed by atoms with Crippen LogP contribution >= 0.6 is 0 Å². The van der Waals surface area contributed by atoms with Crippen LogP contribution in [0.25, 0.3) is 22.2 Å². The summed E-state index contributed by atoms with van der Waals surface area (Å²) in [4.78, 5) is 5.01. The van der Waals surface area contributed by atoms with Gasteiger partial charge in [-0.2, -0.15) is 4.58 Å². The number of rotatable bonds is 2. The van der Waals surface area contributed by atoms with Crippen molar-refractivity contribution in [1.29, 1.82) is 0 Å². The van der Waals surface area contributed by atoms with Crippen LogP contribution in [0.15, 0.2) is 72.8 Å². The molecular weight excluding hydrogens is 342 g/mol. The standard InChI is InChI=1S/C25H24N3/c1-17-14-15-20(19-10-6-5-7-11-19)16-23(17)27-18(2)25(3,4)28-22-13-9-8-12-21(22)26-24(27)28/h5-16H,1-4H3/q+1. The molecule has 0 aliphatic carbocycles. The summed E-state index contributed by atoms with van der Waals surface area (Å²) >= 11 is 0. The molecule has 0 radical (unpaired) electrons. The quantitative estimate of drug-likeness (QED) is 0.395. The van der Waals surface area contributed by atoms with Gasteiger partial charge < -0.3 is 0 Å². The van der Waals surface area contributed by atoms with Gasteiger partial charge in [-0.3, -0.25) is 0 Å². The van der Waals surface area contributed by atoms with Gasteiger partial charge in [-0.1, -0.05) is 59.6 Å². The smallest absolute Gasteiger partial charge is 0.213 e. The van der Waals surface area contributed by atoms with E-state index in [0.29, 0.717) is 0 Å². The first-order valence-corrected chi connectivity index (χ1v) is 9.76. The lowest BCUT2D eigenvalue weighted by Crippen LogP contribution is -2.31. The summed E-state index contributed by atoms with van der Waals surface area (Å²) in [5, 5.41) is 0. The Hall–Kier alpha value is -3.20. The summed E-state index contributed by atoms with van der Waals surface area (Å²) in [7, 11) is 0. The zero-order valence-electron chi connectivity index (χ0n) is 16.8. The fourth-order valence-corrected chi connectivity index (χ4v) is 4.25. The Balaban J connectivity index is 1.78. The molecule has 0 fully saturated rings. The third-order valence-corrected chi connectivity index (χ3v) is 6.08. The largest absolute Gasteiger partial charge is 0.405 e. The number of aromatic nitrogens is 2. The maximum absolute atomic E-state index is 5.01. The lowest BCUT2D eigenvalue weighted by molar-refractivity contribution is 0.528. The number of fused-ring (bicyclic) bond motifs is 3. The maximum atomic E-state index is 5.01. The van der Waals surface area contributed by atoms with Gasteiger partial charge in [0.05, 0.1) is 5.71 Å². The van der Waals surface area contributed by atoms with Crippen molar-refractivity contribution in [2.45, 2.75) is 33.2 Å². The van der Waals surface area contributed by atoms with Crippen LogP contribution in [0, 0.1) is 6.92 Å². The molecule has 2 heterocycles. The first kappa shape index (κ1) is 16.9. The van der Waals surface area contributed by atoms with Crippen molar-refractivity contribution in [3.8, 4) is 11.1 Å². The number of hydrogen-bond donors (Lipinski definition) is 0. The average Bonchev–Trinajstić information content (AvgIpc) is 3.17. The van der Waals surface area contributed by atoms with Crippen LogP contribution in [-0.2, 0) is 5.54 Å². The van der Waals surface area contributed by atoms with E-state index in [1.165, 1.54) is 33.6 Å². The number of para-hydroxylation sites is 2. The van der Waals surface area contributed by atoms with E-state index in [2.05, 4.69) is 110 Å². The number of hydrogen-bond acceptors (Lipinski definition) is 1. The highest BCUT2D eigenvalue weighted by atomic mass is 15.3. The Morgan fingerprint density at radius 1 is 0.821 bits per heavy atom. The highest BCUT2D eigenvalue weighted by Crippen LogP contribution is 2.40. The number of aryl methyl sites for hydroxylation is 1. The third-order valence-electron chi connectivity index (χ3n) is 6.08. The van der Waals surface area contributed by atoms with Gasteiger partial charge in [0.15, 0.2) is 5.52 Å². The summed E-state index contributed by atoms with van der Waals surface area (Å²) in [5.74, 6) is 0.997. The Morgan fingerprint density at radius 3 is 2.32 bits per heavy atom. The third kappa shape index (κ3) is 2.29. The topological polar surface area (TPSA) is 20.8 Å². The van der Waals surface area contributed by atoms with Gasteiger partial charge in [0, 0.05) is 0 Å². The molecule has 28 heavy (non-hydrogen) atoms. The zero-order chi connectivity index (χ0) is 19.5. The molecule has 3 heteroatoms. The molecule has 138 valence electrons. The van der Waals surface area contributed by atoms with E-state index in [0.717, 1.165) is 11.5 Å². The lowest BCUT2D eigenvalue weighted by Gasteiger charge is -2.17. The molecule has 3 aromatic carbocycles. The molecule has 1 aliphatic rings. The molecule has 3 nitrogen and oxygen atoms in total. The Bertz CT molecular complexity index is 1240. The van der Waals surface area contributed by atoms with Crippen molar-refractivity contribution < 1.29 is 0 Å². The van der Waals surface area contributed by atoms with E-state index in [1.807, 2.05) is 0 Å². The predicted molar refractivity (Wildman–Crippen MR) is 118 cm³/mol. The molecule has 0 saturated heterocycles. The summed E-state index contributed by atoms with van der Waals surface area (Å²) in [6, 6.07) is 25.7. The van der Waals surface area contributed by atoms with Gasteiger partial charge in [-0.15, -0.1) is 0 Å². The van der Waals surface area contributed by atoms with E-state index in [4.69, 9.17) is 4.98 Å². The van der Waals surface area contributed by atoms with Crippen LogP contribution in [0.2, 0.25) is 0 Å².